The van der Waals surface area contributed by atoms with Crippen molar-refractivity contribution < 1.29 is 9.53 Å². The van der Waals surface area contributed by atoms with Crippen LogP contribution in [0.2, 0.25) is 0 Å². The van der Waals surface area contributed by atoms with E-state index in [0.29, 0.717) is 17.2 Å². The van der Waals surface area contributed by atoms with E-state index in [1.807, 2.05) is 0 Å². The molecule has 0 fully saturated rings. The summed E-state index contributed by atoms with van der Waals surface area (Å²) in [7, 11) is 0. The van der Waals surface area contributed by atoms with Crippen LogP contribution in [0.3, 0.4) is 0 Å². The molecule has 0 aliphatic rings. The highest BCUT2D eigenvalue weighted by Gasteiger charge is 2.13. The van der Waals surface area contributed by atoms with Crippen LogP contribution in [-0.2, 0) is 4.74 Å². The largest absolute Gasteiger partial charge is 0.462 e. The number of aromatic nitrogens is 2. The van der Waals surface area contributed by atoms with Crippen molar-refractivity contribution in [3.63, 3.8) is 0 Å². The molecule has 5 heteroatoms. The summed E-state index contributed by atoms with van der Waals surface area (Å²) in [6, 6.07) is 0. The number of hydrogen-bond acceptors (Lipinski definition) is 5. The Morgan fingerprint density at radius 3 is 3.00 bits per heavy atom. The van der Waals surface area contributed by atoms with Crippen molar-refractivity contribution >= 4 is 17.7 Å². The fraction of sp³-hybridized carbons (Fsp3) is 0.500. The quantitative estimate of drug-likeness (QED) is 0.437. The van der Waals surface area contributed by atoms with Gasteiger partial charge in [0, 0.05) is 6.20 Å². The smallest absolute Gasteiger partial charge is 0.342 e. The minimum absolute atomic E-state index is 0.350. The van der Waals surface area contributed by atoms with Gasteiger partial charge < -0.3 is 4.74 Å². The van der Waals surface area contributed by atoms with Crippen molar-refractivity contribution in [1.82, 2.24) is 9.97 Å². The number of carbonyl (C=O) groups excluding carboxylic acids is 1. The predicted molar refractivity (Wildman–Crippen MR) is 59.0 cm³/mol. The first-order valence-electron chi connectivity index (χ1n) is 4.89. The van der Waals surface area contributed by atoms with Crippen LogP contribution in [0, 0.1) is 0 Å². The number of carbonyl (C=O) groups is 1. The Morgan fingerprint density at radius 1 is 1.53 bits per heavy atom. The Morgan fingerprint density at radius 2 is 2.33 bits per heavy atom. The first-order valence-corrected chi connectivity index (χ1v) is 5.88. The second-order valence-electron chi connectivity index (χ2n) is 2.81. The van der Waals surface area contributed by atoms with Gasteiger partial charge in [0.1, 0.15) is 16.9 Å². The van der Waals surface area contributed by atoms with Crippen LogP contribution < -0.4 is 0 Å². The van der Waals surface area contributed by atoms with E-state index in [1.165, 1.54) is 12.5 Å². The highest BCUT2D eigenvalue weighted by Crippen LogP contribution is 2.20. The molecule has 0 unspecified atom stereocenters. The minimum atomic E-state index is -0.350. The molecule has 0 N–H and O–H groups in total. The summed E-state index contributed by atoms with van der Waals surface area (Å²) in [6.45, 7) is 4.23. The van der Waals surface area contributed by atoms with Crippen LogP contribution in [0.25, 0.3) is 0 Å². The molecule has 0 aliphatic carbocycles. The number of esters is 1. The number of rotatable bonds is 5. The Labute approximate surface area is 93.5 Å². The Hall–Kier alpha value is -1.10. The third-order valence-corrected chi connectivity index (χ3v) is 2.83. The molecule has 1 heterocycles. The van der Waals surface area contributed by atoms with Crippen LogP contribution in [0.5, 0.6) is 0 Å². The summed E-state index contributed by atoms with van der Waals surface area (Å²) >= 11 is 1.55. The predicted octanol–water partition coefficient (Wildman–Crippen LogP) is 2.16. The van der Waals surface area contributed by atoms with E-state index < -0.39 is 0 Å². The molecule has 0 aromatic carbocycles. The molecule has 15 heavy (non-hydrogen) atoms. The van der Waals surface area contributed by atoms with Gasteiger partial charge in [-0.1, -0.05) is 6.92 Å². The highest BCUT2D eigenvalue weighted by molar-refractivity contribution is 7.99. The second-order valence-corrected chi connectivity index (χ2v) is 3.89. The zero-order valence-corrected chi connectivity index (χ0v) is 9.71. The van der Waals surface area contributed by atoms with Crippen molar-refractivity contribution in [3.05, 3.63) is 18.1 Å². The molecule has 0 saturated carbocycles. The lowest BCUT2D eigenvalue weighted by Gasteiger charge is -2.05. The van der Waals surface area contributed by atoms with Gasteiger partial charge in [-0.3, -0.25) is 0 Å². The first-order chi connectivity index (χ1) is 7.29. The van der Waals surface area contributed by atoms with E-state index in [9.17, 15) is 4.79 Å². The molecule has 0 radical (unpaired) electrons. The lowest BCUT2D eigenvalue weighted by Crippen LogP contribution is -2.07. The van der Waals surface area contributed by atoms with E-state index in [2.05, 4.69) is 16.9 Å². The second kappa shape index (κ2) is 6.40. The molecule has 1 aromatic rings. The third kappa shape index (κ3) is 3.51. The number of hydrogen-bond donors (Lipinski definition) is 0. The average Bonchev–Trinajstić information content (AvgIpc) is 2.27. The van der Waals surface area contributed by atoms with Gasteiger partial charge in [0.05, 0.1) is 6.61 Å². The lowest BCUT2D eigenvalue weighted by molar-refractivity contribution is 0.0520. The van der Waals surface area contributed by atoms with Crippen molar-refractivity contribution in [3.8, 4) is 0 Å². The maximum atomic E-state index is 11.5. The summed E-state index contributed by atoms with van der Waals surface area (Å²) in [5, 5.41) is 0.699. The average molecular weight is 226 g/mol. The van der Waals surface area contributed by atoms with Crippen LogP contribution in [0.1, 0.15) is 30.6 Å². The molecule has 1 aromatic heterocycles. The Balaban J connectivity index is 2.80. The van der Waals surface area contributed by atoms with Crippen molar-refractivity contribution in [2.24, 2.45) is 0 Å². The van der Waals surface area contributed by atoms with Crippen LogP contribution >= 0.6 is 11.8 Å². The molecule has 1 rings (SSSR count). The van der Waals surface area contributed by atoms with Gasteiger partial charge in [-0.15, -0.1) is 11.8 Å². The fourth-order valence-electron chi connectivity index (χ4n) is 0.981. The van der Waals surface area contributed by atoms with Gasteiger partial charge >= 0.3 is 5.97 Å². The molecule has 0 bridgehead atoms. The highest BCUT2D eigenvalue weighted by atomic mass is 32.2. The summed E-state index contributed by atoms with van der Waals surface area (Å²) in [4.78, 5) is 19.4. The molecule has 0 aliphatic heterocycles. The van der Waals surface area contributed by atoms with E-state index in [-0.39, 0.29) is 5.97 Å². The van der Waals surface area contributed by atoms with E-state index in [4.69, 9.17) is 4.74 Å². The molecular weight excluding hydrogens is 212 g/mol. The molecule has 4 nitrogen and oxygen atoms in total. The fourth-order valence-corrected chi connectivity index (χ4v) is 1.79. The van der Waals surface area contributed by atoms with E-state index in [1.54, 1.807) is 18.7 Å². The summed E-state index contributed by atoms with van der Waals surface area (Å²) in [5.74, 6) is 0.584. The van der Waals surface area contributed by atoms with Crippen LogP contribution in [0.15, 0.2) is 17.6 Å². The normalized spacial score (nSPS) is 10.0. The molecule has 0 saturated heterocycles. The number of ether oxygens (including phenoxy) is 1. The van der Waals surface area contributed by atoms with Gasteiger partial charge in [-0.25, -0.2) is 14.8 Å². The van der Waals surface area contributed by atoms with Gasteiger partial charge in [0.25, 0.3) is 0 Å². The van der Waals surface area contributed by atoms with Gasteiger partial charge in [0.15, 0.2) is 0 Å². The standard InChI is InChI=1S/C10H14N2O2S/c1-3-5-15-9-8(6-11-7-12-9)10(13)14-4-2/h6-7H,3-5H2,1-2H3. The van der Waals surface area contributed by atoms with Crippen molar-refractivity contribution in [1.29, 1.82) is 0 Å². The van der Waals surface area contributed by atoms with Crippen LogP contribution in [-0.4, -0.2) is 28.3 Å². The summed E-state index contributed by atoms with van der Waals surface area (Å²) < 4.78 is 4.92. The number of thioether (sulfide) groups is 1. The summed E-state index contributed by atoms with van der Waals surface area (Å²) in [6.07, 6.45) is 3.99. The van der Waals surface area contributed by atoms with E-state index in [0.717, 1.165) is 12.2 Å². The zero-order chi connectivity index (χ0) is 11.1. The topological polar surface area (TPSA) is 52.1 Å². The number of nitrogens with zero attached hydrogens (tertiary/aromatic N) is 2. The summed E-state index contributed by atoms with van der Waals surface area (Å²) in [5.41, 5.74) is 0.456. The first kappa shape index (κ1) is 12.0. The Kier molecular flexibility index (Phi) is 5.10. The molecular formula is C10H14N2O2S. The van der Waals surface area contributed by atoms with E-state index >= 15 is 0 Å². The maximum Gasteiger partial charge on any atom is 0.342 e. The van der Waals surface area contributed by atoms with Gasteiger partial charge in [-0.2, -0.15) is 0 Å². The molecule has 0 atom stereocenters. The van der Waals surface area contributed by atoms with Crippen molar-refractivity contribution in [2.45, 2.75) is 25.3 Å². The zero-order valence-electron chi connectivity index (χ0n) is 8.90. The van der Waals surface area contributed by atoms with Crippen molar-refractivity contribution in [2.75, 3.05) is 12.4 Å². The molecule has 82 valence electrons. The third-order valence-electron chi connectivity index (χ3n) is 1.61. The lowest BCUT2D eigenvalue weighted by atomic mass is 10.3. The molecule has 0 spiro atoms. The SMILES string of the molecule is CCCSc1ncncc1C(=O)OCC. The van der Waals surface area contributed by atoms with Crippen LogP contribution in [0.4, 0.5) is 0 Å². The Bertz CT molecular complexity index is 331. The maximum absolute atomic E-state index is 11.5. The van der Waals surface area contributed by atoms with Gasteiger partial charge in [0.2, 0.25) is 0 Å². The monoisotopic (exact) mass is 226 g/mol. The van der Waals surface area contributed by atoms with Gasteiger partial charge in [-0.05, 0) is 19.1 Å². The molecule has 0 amide bonds. The minimum Gasteiger partial charge on any atom is -0.462 e.